The Morgan fingerprint density at radius 1 is 0.882 bits per heavy atom. The average molecular weight is 485 g/mol. The number of rotatable bonds is 15. The smallest absolute Gasteiger partial charge is 0.326 e. The molecule has 0 spiro atoms. The molecule has 13 heteroatoms. The van der Waals surface area contributed by atoms with Crippen molar-refractivity contribution in [1.29, 1.82) is 0 Å². The molecule has 0 aliphatic carbocycles. The van der Waals surface area contributed by atoms with Crippen LogP contribution in [0.1, 0.15) is 58.8 Å². The molecule has 0 aromatic carbocycles. The van der Waals surface area contributed by atoms with E-state index in [0.717, 1.165) is 6.42 Å². The summed E-state index contributed by atoms with van der Waals surface area (Å²) < 4.78 is 0. The Balaban J connectivity index is 2.93. The number of carbonyl (C=O) groups is 6. The zero-order valence-corrected chi connectivity index (χ0v) is 19.6. The second-order valence-electron chi connectivity index (χ2n) is 8.81. The van der Waals surface area contributed by atoms with Crippen molar-refractivity contribution in [3.8, 4) is 0 Å². The van der Waals surface area contributed by atoms with Crippen LogP contribution < -0.4 is 32.7 Å². The van der Waals surface area contributed by atoms with E-state index in [1.54, 1.807) is 0 Å². The third kappa shape index (κ3) is 10.6. The summed E-state index contributed by atoms with van der Waals surface area (Å²) in [5.41, 5.74) is 10.3. The van der Waals surface area contributed by atoms with Gasteiger partial charge in [-0.05, 0) is 44.6 Å². The maximum Gasteiger partial charge on any atom is 0.326 e. The van der Waals surface area contributed by atoms with Gasteiger partial charge in [0.05, 0.1) is 6.04 Å². The number of aliphatic carboxylic acids is 1. The van der Waals surface area contributed by atoms with E-state index in [9.17, 15) is 33.9 Å². The summed E-state index contributed by atoms with van der Waals surface area (Å²) in [4.78, 5) is 72.0. The summed E-state index contributed by atoms with van der Waals surface area (Å²) >= 11 is 0. The molecule has 1 heterocycles. The Labute approximate surface area is 198 Å². The molecule has 0 aromatic rings. The first-order valence-electron chi connectivity index (χ1n) is 11.3. The lowest BCUT2D eigenvalue weighted by atomic mass is 10.0. The van der Waals surface area contributed by atoms with Gasteiger partial charge in [0.1, 0.15) is 18.1 Å². The van der Waals surface area contributed by atoms with Crippen LogP contribution in [0.2, 0.25) is 0 Å². The molecule has 4 unspecified atom stereocenters. The number of nitrogens with one attached hydrogen (secondary N) is 4. The molecule has 1 aliphatic heterocycles. The minimum atomic E-state index is -1.37. The molecule has 0 saturated carbocycles. The molecule has 9 N–H and O–H groups in total. The molecule has 1 fully saturated rings. The summed E-state index contributed by atoms with van der Waals surface area (Å²) in [6, 6.07) is -4.05. The fourth-order valence-corrected chi connectivity index (χ4v) is 3.53. The lowest BCUT2D eigenvalue weighted by Crippen LogP contribution is -2.57. The average Bonchev–Trinajstić information content (AvgIpc) is 3.27. The van der Waals surface area contributed by atoms with E-state index in [0.29, 0.717) is 13.0 Å². The highest BCUT2D eigenvalue weighted by Crippen LogP contribution is 2.10. The molecular weight excluding hydrogens is 448 g/mol. The van der Waals surface area contributed by atoms with Gasteiger partial charge in [-0.15, -0.1) is 0 Å². The van der Waals surface area contributed by atoms with Crippen molar-refractivity contribution in [2.24, 2.45) is 17.4 Å². The lowest BCUT2D eigenvalue weighted by Gasteiger charge is -2.26. The van der Waals surface area contributed by atoms with Gasteiger partial charge in [-0.25, -0.2) is 4.79 Å². The van der Waals surface area contributed by atoms with Crippen LogP contribution in [-0.2, 0) is 28.8 Å². The van der Waals surface area contributed by atoms with E-state index in [-0.39, 0.29) is 38.0 Å². The van der Waals surface area contributed by atoms with Gasteiger partial charge in [0.2, 0.25) is 29.5 Å². The van der Waals surface area contributed by atoms with Crippen LogP contribution >= 0.6 is 0 Å². The van der Waals surface area contributed by atoms with E-state index in [4.69, 9.17) is 11.5 Å². The van der Waals surface area contributed by atoms with Crippen molar-refractivity contribution in [1.82, 2.24) is 21.3 Å². The van der Waals surface area contributed by atoms with Gasteiger partial charge in [0.15, 0.2) is 0 Å². The van der Waals surface area contributed by atoms with E-state index < -0.39 is 59.7 Å². The van der Waals surface area contributed by atoms with Crippen molar-refractivity contribution in [2.45, 2.75) is 83.0 Å². The van der Waals surface area contributed by atoms with Crippen LogP contribution in [0.15, 0.2) is 0 Å². The molecule has 5 amide bonds. The van der Waals surface area contributed by atoms with Crippen molar-refractivity contribution < 1.29 is 33.9 Å². The zero-order valence-electron chi connectivity index (χ0n) is 19.6. The fourth-order valence-electron chi connectivity index (χ4n) is 3.53. The van der Waals surface area contributed by atoms with E-state index in [1.165, 1.54) is 0 Å². The van der Waals surface area contributed by atoms with Crippen LogP contribution in [0.4, 0.5) is 0 Å². The van der Waals surface area contributed by atoms with Gasteiger partial charge in [-0.3, -0.25) is 24.0 Å². The zero-order chi connectivity index (χ0) is 25.8. The number of primary amides is 2. The number of nitrogens with two attached hydrogens (primary N) is 2. The number of carbonyl (C=O) groups excluding carboxylic acids is 5. The third-order valence-corrected chi connectivity index (χ3v) is 5.32. The molecule has 34 heavy (non-hydrogen) atoms. The summed E-state index contributed by atoms with van der Waals surface area (Å²) in [7, 11) is 0. The highest BCUT2D eigenvalue weighted by atomic mass is 16.4. The monoisotopic (exact) mass is 484 g/mol. The van der Waals surface area contributed by atoms with Crippen molar-refractivity contribution in [2.75, 3.05) is 6.54 Å². The standard InChI is InChI=1S/C21H36N6O7/c1-11(2)10-15(20(32)26-14(21(33)34)6-8-17(23)29)27-19(31)13(5-7-16(22)28)25-18(30)12-4-3-9-24-12/h11-15,24H,3-10H2,1-2H3,(H2,22,28)(H2,23,29)(H,25,30)(H,26,32)(H,27,31)(H,33,34). The van der Waals surface area contributed by atoms with Crippen LogP contribution in [0.25, 0.3) is 0 Å². The first-order valence-corrected chi connectivity index (χ1v) is 11.3. The topological polar surface area (TPSA) is 223 Å². The predicted molar refractivity (Wildman–Crippen MR) is 121 cm³/mol. The quantitative estimate of drug-likeness (QED) is 0.135. The Kier molecular flexibility index (Phi) is 12.0. The first-order chi connectivity index (χ1) is 15.9. The molecule has 0 aromatic heterocycles. The largest absolute Gasteiger partial charge is 0.480 e. The molecule has 1 rings (SSSR count). The molecular formula is C21H36N6O7. The summed E-state index contributed by atoms with van der Waals surface area (Å²) in [5.74, 6) is -4.61. The van der Waals surface area contributed by atoms with E-state index >= 15 is 0 Å². The SMILES string of the molecule is CC(C)CC(NC(=O)C(CCC(N)=O)NC(=O)C1CCCN1)C(=O)NC(CCC(N)=O)C(=O)O. The van der Waals surface area contributed by atoms with Crippen molar-refractivity contribution >= 4 is 35.5 Å². The second-order valence-corrected chi connectivity index (χ2v) is 8.81. The molecule has 4 atom stereocenters. The van der Waals surface area contributed by atoms with Gasteiger partial charge in [0.25, 0.3) is 0 Å². The molecule has 0 bridgehead atoms. The Morgan fingerprint density at radius 2 is 1.41 bits per heavy atom. The van der Waals surface area contributed by atoms with Gasteiger partial charge in [-0.2, -0.15) is 0 Å². The summed E-state index contributed by atoms with van der Waals surface area (Å²) in [5, 5.41) is 19.8. The van der Waals surface area contributed by atoms with E-state index in [2.05, 4.69) is 21.3 Å². The maximum absolute atomic E-state index is 13.0. The van der Waals surface area contributed by atoms with Crippen LogP contribution in [0.5, 0.6) is 0 Å². The normalized spacial score (nSPS) is 17.9. The predicted octanol–water partition coefficient (Wildman–Crippen LogP) is -2.15. The minimum absolute atomic E-state index is 0.0497. The van der Waals surface area contributed by atoms with Gasteiger partial charge in [-0.1, -0.05) is 13.8 Å². The first kappa shape index (κ1) is 28.8. The second kappa shape index (κ2) is 14.1. The van der Waals surface area contributed by atoms with Gasteiger partial charge < -0.3 is 37.8 Å². The molecule has 1 saturated heterocycles. The third-order valence-electron chi connectivity index (χ3n) is 5.32. The van der Waals surface area contributed by atoms with Crippen molar-refractivity contribution in [3.63, 3.8) is 0 Å². The minimum Gasteiger partial charge on any atom is -0.480 e. The Hall–Kier alpha value is -3.22. The van der Waals surface area contributed by atoms with Gasteiger partial charge in [0, 0.05) is 12.8 Å². The lowest BCUT2D eigenvalue weighted by molar-refractivity contribution is -0.142. The Morgan fingerprint density at radius 3 is 1.88 bits per heavy atom. The molecule has 1 aliphatic rings. The van der Waals surface area contributed by atoms with Crippen molar-refractivity contribution in [3.05, 3.63) is 0 Å². The number of hydrogen-bond acceptors (Lipinski definition) is 7. The van der Waals surface area contributed by atoms with Crippen LogP contribution in [-0.4, -0.2) is 71.3 Å². The maximum atomic E-state index is 13.0. The summed E-state index contributed by atoms with van der Waals surface area (Å²) in [6.45, 7) is 4.30. The number of amides is 5. The molecule has 0 radical (unpaired) electrons. The highest BCUT2D eigenvalue weighted by Gasteiger charge is 2.32. The van der Waals surface area contributed by atoms with E-state index in [1.807, 2.05) is 13.8 Å². The number of carboxylic acids is 1. The molecule has 13 nitrogen and oxygen atoms in total. The number of hydrogen-bond donors (Lipinski definition) is 7. The summed E-state index contributed by atoms with van der Waals surface area (Å²) in [6.07, 6.45) is 0.932. The van der Waals surface area contributed by atoms with Crippen LogP contribution in [0, 0.1) is 5.92 Å². The molecule has 192 valence electrons. The van der Waals surface area contributed by atoms with Gasteiger partial charge >= 0.3 is 5.97 Å². The Bertz CT molecular complexity index is 767. The number of carboxylic acid groups (broad SMARTS) is 1. The highest BCUT2D eigenvalue weighted by molar-refractivity contribution is 5.94. The van der Waals surface area contributed by atoms with Crippen LogP contribution in [0.3, 0.4) is 0 Å². The fraction of sp³-hybridized carbons (Fsp3) is 0.714.